The molecule has 0 spiro atoms. The van der Waals surface area contributed by atoms with Crippen molar-refractivity contribution in [3.8, 4) is 0 Å². The maximum Gasteiger partial charge on any atom is 0.407 e. The number of piperazine rings is 1. The second-order valence-corrected chi connectivity index (χ2v) is 27.2. The highest BCUT2D eigenvalue weighted by atomic mass is 16.6. The molecule has 2 bridgehead atoms. The van der Waals surface area contributed by atoms with Crippen molar-refractivity contribution in [2.75, 3.05) is 98.8 Å². The summed E-state index contributed by atoms with van der Waals surface area (Å²) in [6.45, 7) is 18.4. The predicted molar refractivity (Wildman–Crippen MR) is 359 cm³/mol. The molecule has 1 aliphatic carbocycles. The Balaban J connectivity index is 1.10. The number of amides is 4. The van der Waals surface area contributed by atoms with Gasteiger partial charge in [-0.15, -0.1) is 0 Å². The van der Waals surface area contributed by atoms with Gasteiger partial charge in [-0.2, -0.15) is 0 Å². The Kier molecular flexibility index (Phi) is 31.7. The van der Waals surface area contributed by atoms with Crippen LogP contribution in [-0.4, -0.2) is 231 Å². The second kappa shape index (κ2) is 38.7. The first-order valence-corrected chi connectivity index (χ1v) is 34.6. The summed E-state index contributed by atoms with van der Waals surface area (Å²) in [7, 11) is 6.22. The largest absolute Gasteiger partial charge is 0.460 e. The number of hydrogen-bond acceptors (Lipinski definition) is 21. The number of piperidine rings is 1. The van der Waals surface area contributed by atoms with Crippen molar-refractivity contribution < 1.29 is 81.7 Å². The summed E-state index contributed by atoms with van der Waals surface area (Å²) in [4.78, 5) is 127. The molecule has 5 aliphatic rings. The van der Waals surface area contributed by atoms with E-state index in [0.29, 0.717) is 121 Å². The number of alkyl carbamates (subject to hydrolysis) is 1. The van der Waals surface area contributed by atoms with Gasteiger partial charge in [-0.3, -0.25) is 33.7 Å². The molecule has 1 aromatic rings. The van der Waals surface area contributed by atoms with Crippen LogP contribution in [0.4, 0.5) is 10.7 Å². The molecule has 1 aromatic heterocycles. The Morgan fingerprint density at radius 1 is 0.823 bits per heavy atom. The number of likely N-dealkylation sites (N-methyl/N-ethyl adjacent to an activating group) is 1. The normalized spacial score (nSPS) is 32.0. The van der Waals surface area contributed by atoms with E-state index in [4.69, 9.17) is 33.2 Å². The number of ether oxygens (including phenoxy) is 7. The molecule has 25 heteroatoms. The van der Waals surface area contributed by atoms with Gasteiger partial charge < -0.3 is 68.7 Å². The van der Waals surface area contributed by atoms with E-state index in [-0.39, 0.29) is 80.7 Å². The van der Waals surface area contributed by atoms with E-state index in [1.54, 1.807) is 77.2 Å². The van der Waals surface area contributed by atoms with E-state index < -0.39 is 102 Å². The topological polar surface area (TPSA) is 304 Å². The van der Waals surface area contributed by atoms with Gasteiger partial charge in [0, 0.05) is 122 Å². The van der Waals surface area contributed by atoms with Crippen molar-refractivity contribution >= 4 is 53.1 Å². The molecule has 4 N–H and O–H groups in total. The highest BCUT2D eigenvalue weighted by molar-refractivity contribution is 6.39. The van der Waals surface area contributed by atoms with E-state index >= 15 is 0 Å². The van der Waals surface area contributed by atoms with Gasteiger partial charge in [-0.1, -0.05) is 78.0 Å². The molecule has 96 heavy (non-hydrogen) atoms. The van der Waals surface area contributed by atoms with Crippen LogP contribution in [0.25, 0.3) is 0 Å². The Morgan fingerprint density at radius 3 is 2.24 bits per heavy atom. The maximum absolute atomic E-state index is 14.7. The number of methoxy groups -OCH3 is 3. The summed E-state index contributed by atoms with van der Waals surface area (Å²) < 4.78 is 41.4. The maximum atomic E-state index is 14.7. The molecular formula is C71H110N8O17. The summed E-state index contributed by atoms with van der Waals surface area (Å²) in [5, 5.41) is 29.4. The van der Waals surface area contributed by atoms with Crippen LogP contribution in [0, 0.1) is 35.5 Å². The number of cyclic esters (lactones) is 1. The molecule has 1 saturated carbocycles. The number of aromatic nitrogens is 2. The van der Waals surface area contributed by atoms with E-state index in [1.165, 1.54) is 12.0 Å². The third kappa shape index (κ3) is 22.9. The zero-order valence-electron chi connectivity index (χ0n) is 58.9. The highest BCUT2D eigenvalue weighted by Gasteiger charge is 2.53. The molecule has 4 amide bonds. The minimum absolute atomic E-state index is 0.0168. The van der Waals surface area contributed by atoms with Crippen molar-refractivity contribution in [2.45, 2.75) is 200 Å². The second-order valence-electron chi connectivity index (χ2n) is 27.2. The van der Waals surface area contributed by atoms with E-state index in [1.807, 2.05) is 63.0 Å². The Morgan fingerprint density at radius 2 is 1.55 bits per heavy atom. The van der Waals surface area contributed by atoms with Crippen molar-refractivity contribution in [1.82, 2.24) is 35.3 Å². The average Bonchev–Trinajstić information content (AvgIpc) is 0.802. The van der Waals surface area contributed by atoms with Gasteiger partial charge >= 0.3 is 12.1 Å². The number of allylic oxidation sites excluding steroid dienone is 6. The number of ketones is 3. The van der Waals surface area contributed by atoms with Crippen molar-refractivity contribution in [3.05, 3.63) is 65.6 Å². The monoisotopic (exact) mass is 1350 g/mol. The molecule has 0 aromatic carbocycles. The number of aliphatic hydroxyl groups excluding tert-OH is 1. The minimum Gasteiger partial charge on any atom is -0.460 e. The molecule has 5 heterocycles. The van der Waals surface area contributed by atoms with Gasteiger partial charge in [-0.25, -0.2) is 19.6 Å². The smallest absolute Gasteiger partial charge is 0.407 e. The van der Waals surface area contributed by atoms with E-state index in [2.05, 4.69) is 20.6 Å². The van der Waals surface area contributed by atoms with Gasteiger partial charge in [0.15, 0.2) is 5.78 Å². The molecule has 0 radical (unpaired) electrons. The van der Waals surface area contributed by atoms with Crippen LogP contribution < -0.4 is 15.5 Å². The summed E-state index contributed by atoms with van der Waals surface area (Å²) in [6.07, 6.45) is 13.4. The molecule has 4 aliphatic heterocycles. The lowest BCUT2D eigenvalue weighted by atomic mass is 9.78. The quantitative estimate of drug-likeness (QED) is 0.0532. The first-order chi connectivity index (χ1) is 45.8. The standard InChI is InChI=1S/C71H110N8O17/c1-13-32-93-33-26-72-61(81)43-76(9)44-62(82)77-28-30-78(31-29-77)69-73-40-53(41-74-69)42-75-70(88)95-57-25-23-52(37-60(57)91-11)36-48(5)59-39-56(80)47(4)35-50(7)64(84)65(92-12)63(83)49(6)34-45(2)19-15-14-16-20-46(3)58(90-10)38-54-24-22-51(8)71(89,96-54)66(85)67(86)79-27-18-17-21-55(79)68(87)94-59/h14-16,19-20,35,40-41,45,47-49,51-52,54-55,57-60,64-65,84,89H,13,17-18,21-34,36-39,42-44H2,1-12H3,(H,72,81)(H,75,88)/b16-14+,19-15+,46-20+,50-35+/t45-,47-,48-,49-,51-,52+,54+,55+,57-,58+,59+,60-,64-,65+,71-/m1/s1. The summed E-state index contributed by atoms with van der Waals surface area (Å²) in [5.74, 6) is -8.44. The molecule has 6 rings (SSSR count). The number of nitrogens with zero attached hydrogens (tertiary/aromatic N) is 6. The van der Waals surface area contributed by atoms with Gasteiger partial charge in [0.05, 0.1) is 38.0 Å². The number of rotatable bonds is 19. The van der Waals surface area contributed by atoms with Crippen LogP contribution in [0.5, 0.6) is 0 Å². The fraction of sp³-hybridized carbons (Fsp3) is 0.718. The molecular weight excluding hydrogens is 1240 g/mol. The minimum atomic E-state index is -2.48. The van der Waals surface area contributed by atoms with Crippen LogP contribution in [0.2, 0.25) is 0 Å². The molecule has 3 saturated heterocycles. The molecule has 15 atom stereocenters. The third-order valence-corrected chi connectivity index (χ3v) is 19.5. The number of carbonyl (C=O) groups excluding carboxylic acids is 8. The van der Waals surface area contributed by atoms with Gasteiger partial charge in [0.25, 0.3) is 11.7 Å². The number of Topliss-reactive ketones (excluding diaryl/α,β-unsaturated/α-hetero) is 3. The fourth-order valence-corrected chi connectivity index (χ4v) is 13.5. The number of hydrogen-bond donors (Lipinski definition) is 4. The number of anilines is 1. The van der Waals surface area contributed by atoms with Crippen molar-refractivity contribution in [2.24, 2.45) is 35.5 Å². The van der Waals surface area contributed by atoms with E-state index in [0.717, 1.165) is 12.0 Å². The number of carbonyl (C=O) groups is 8. The number of fused-ring (bicyclic) bond motifs is 3. The molecule has 536 valence electrons. The highest BCUT2D eigenvalue weighted by Crippen LogP contribution is 2.38. The summed E-state index contributed by atoms with van der Waals surface area (Å²) in [5.41, 5.74) is 1.85. The van der Waals surface area contributed by atoms with Gasteiger partial charge in [-0.05, 0) is 120 Å². The molecule has 0 unspecified atom stereocenters. The van der Waals surface area contributed by atoms with Gasteiger partial charge in [0.2, 0.25) is 23.5 Å². The van der Waals surface area contributed by atoms with Gasteiger partial charge in [0.1, 0.15) is 36.2 Å². The average molecular weight is 1350 g/mol. The molecule has 25 nitrogen and oxygen atoms in total. The number of nitrogens with one attached hydrogen (secondary N) is 2. The lowest BCUT2D eigenvalue weighted by molar-refractivity contribution is -0.265. The van der Waals surface area contributed by atoms with Crippen LogP contribution in [-0.2, 0) is 73.3 Å². The SMILES string of the molecule is CCCOCCNC(=O)CN(C)CC(=O)N1CCN(c2ncc(CNC(=O)O[C@@H]3CC[C@@H](C[C@@H](C)[C@@H]4CC(=O)[C@H](C)/C=C(\C)[C@@H](O)[C@@H](OC)C(=O)[C@H](C)C[C@H](C)/C=C/C=C/C=C(\C)[C@@H](OC)C[C@@H]5CC[C@@H](C)[C@@](O)(O5)C(=O)C(=O)N5CCCC[C@H]5C(=O)O4)C[C@H]3OC)cn2)CC1. The summed E-state index contributed by atoms with van der Waals surface area (Å²) in [6, 6.07) is -1.21. The van der Waals surface area contributed by atoms with Crippen molar-refractivity contribution in [3.63, 3.8) is 0 Å². The molecule has 4 fully saturated rings. The van der Waals surface area contributed by atoms with Crippen LogP contribution in [0.1, 0.15) is 144 Å². The zero-order valence-corrected chi connectivity index (χ0v) is 58.9. The Hall–Kier alpha value is -6.32. The fourth-order valence-electron chi connectivity index (χ4n) is 13.5. The first-order valence-electron chi connectivity index (χ1n) is 34.6. The zero-order chi connectivity index (χ0) is 70.2. The number of esters is 1. The lowest BCUT2D eigenvalue weighted by Gasteiger charge is -2.42. The van der Waals surface area contributed by atoms with E-state index in [9.17, 15) is 48.6 Å². The Labute approximate surface area is 567 Å². The van der Waals surface area contributed by atoms with Crippen LogP contribution >= 0.6 is 0 Å². The first kappa shape index (κ1) is 78.7. The number of aliphatic hydroxyl groups is 2. The van der Waals surface area contributed by atoms with Crippen molar-refractivity contribution in [1.29, 1.82) is 0 Å². The Bertz CT molecular complexity index is 2860. The van der Waals surface area contributed by atoms with Crippen LogP contribution in [0.15, 0.2) is 60.0 Å². The lowest BCUT2D eigenvalue weighted by Crippen LogP contribution is -2.61. The predicted octanol–water partition coefficient (Wildman–Crippen LogP) is 6.03. The van der Waals surface area contributed by atoms with Crippen LogP contribution in [0.3, 0.4) is 0 Å². The summed E-state index contributed by atoms with van der Waals surface area (Å²) >= 11 is 0. The third-order valence-electron chi connectivity index (χ3n) is 19.5.